The van der Waals surface area contributed by atoms with Crippen LogP contribution in [0.25, 0.3) is 0 Å². The van der Waals surface area contributed by atoms with Gasteiger partial charge in [-0.1, -0.05) is 0 Å². The first-order chi connectivity index (χ1) is 9.51. The average Bonchev–Trinajstić information content (AvgIpc) is 2.71. The molecule has 0 saturated carbocycles. The maximum Gasteiger partial charge on any atom is 0.329 e. The summed E-state index contributed by atoms with van der Waals surface area (Å²) in [7, 11) is -2.25. The third-order valence-electron chi connectivity index (χ3n) is 2.89. The van der Waals surface area contributed by atoms with Gasteiger partial charge < -0.3 is 9.26 Å². The number of hydrogen-bond donors (Lipinski definition) is 0. The van der Waals surface area contributed by atoms with Gasteiger partial charge in [0.05, 0.1) is 13.2 Å². The molecular formula is C12H20NO6P. The van der Waals surface area contributed by atoms with Crippen LogP contribution in [0, 0.1) is 0 Å². The van der Waals surface area contributed by atoms with Gasteiger partial charge in [-0.05, 0) is 20.3 Å². The Balaban J connectivity index is 2.75. The van der Waals surface area contributed by atoms with E-state index in [9.17, 15) is 18.9 Å². The molecule has 0 aromatic heterocycles. The van der Waals surface area contributed by atoms with E-state index in [0.29, 0.717) is 6.61 Å². The van der Waals surface area contributed by atoms with Crippen LogP contribution in [-0.4, -0.2) is 48.1 Å². The molecule has 1 heterocycles. The molecule has 114 valence electrons. The number of imide groups is 1. The van der Waals surface area contributed by atoms with Crippen LogP contribution in [0.3, 0.4) is 0 Å². The van der Waals surface area contributed by atoms with Crippen molar-refractivity contribution >= 4 is 25.8 Å². The zero-order valence-electron chi connectivity index (χ0n) is 11.7. The van der Waals surface area contributed by atoms with Gasteiger partial charge in [-0.15, -0.1) is 0 Å². The predicted molar refractivity (Wildman–Crippen MR) is 71.6 cm³/mol. The zero-order valence-corrected chi connectivity index (χ0v) is 12.7. The van der Waals surface area contributed by atoms with E-state index < -0.39 is 20.0 Å². The summed E-state index contributed by atoms with van der Waals surface area (Å²) < 4.78 is 21.4. The third-order valence-corrected chi connectivity index (χ3v) is 4.20. The van der Waals surface area contributed by atoms with Crippen molar-refractivity contribution in [1.29, 1.82) is 0 Å². The average molecular weight is 305 g/mol. The van der Waals surface area contributed by atoms with Crippen molar-refractivity contribution in [3.05, 3.63) is 0 Å². The molecular weight excluding hydrogens is 285 g/mol. The Morgan fingerprint density at radius 2 is 1.85 bits per heavy atom. The molecule has 1 saturated heterocycles. The fourth-order valence-corrected chi connectivity index (χ4v) is 3.00. The molecule has 1 aliphatic rings. The second-order valence-electron chi connectivity index (χ2n) is 4.27. The number of carbonyl (C=O) groups excluding carboxylic acids is 3. The molecule has 0 aliphatic carbocycles. The van der Waals surface area contributed by atoms with Crippen molar-refractivity contribution in [3.8, 4) is 0 Å². The number of hydrogen-bond acceptors (Lipinski definition) is 6. The maximum absolute atomic E-state index is 11.9. The number of amides is 2. The summed E-state index contributed by atoms with van der Waals surface area (Å²) in [5, 5.41) is 0. The second kappa shape index (κ2) is 8.17. The van der Waals surface area contributed by atoms with Crippen LogP contribution in [0.1, 0.15) is 33.1 Å². The van der Waals surface area contributed by atoms with Crippen LogP contribution in [0.15, 0.2) is 0 Å². The van der Waals surface area contributed by atoms with Crippen LogP contribution in [0.5, 0.6) is 0 Å². The van der Waals surface area contributed by atoms with Gasteiger partial charge in [0.15, 0.2) is 8.03 Å². The Morgan fingerprint density at radius 3 is 2.35 bits per heavy atom. The van der Waals surface area contributed by atoms with Gasteiger partial charge in [-0.25, -0.2) is 4.79 Å². The standard InChI is InChI=1S/C12H20NO6P/c1-3-18-12(16)9(7-8-20(17)19-4-2)13-10(14)5-6-11(13)15/h9,20H,3-8H2,1-2H3. The number of nitrogens with zero attached hydrogens (tertiary/aromatic N) is 1. The van der Waals surface area contributed by atoms with Gasteiger partial charge in [0.2, 0.25) is 11.8 Å². The first kappa shape index (κ1) is 16.9. The van der Waals surface area contributed by atoms with Crippen molar-refractivity contribution in [1.82, 2.24) is 4.90 Å². The topological polar surface area (TPSA) is 90.0 Å². The SMILES string of the molecule is CCOC(=O)C(CC[PH](=O)OCC)N1C(=O)CCC1=O. The van der Waals surface area contributed by atoms with E-state index in [1.807, 2.05) is 0 Å². The van der Waals surface area contributed by atoms with E-state index in [0.717, 1.165) is 4.90 Å². The Bertz CT molecular complexity index is 395. The van der Waals surface area contributed by atoms with Gasteiger partial charge in [-0.2, -0.15) is 0 Å². The Labute approximate surface area is 118 Å². The van der Waals surface area contributed by atoms with Crippen molar-refractivity contribution < 1.29 is 28.2 Å². The highest BCUT2D eigenvalue weighted by Crippen LogP contribution is 2.26. The fourth-order valence-electron chi connectivity index (χ4n) is 2.02. The molecule has 1 rings (SSSR count). The first-order valence-electron chi connectivity index (χ1n) is 6.68. The van der Waals surface area contributed by atoms with E-state index in [-0.39, 0.29) is 43.8 Å². The van der Waals surface area contributed by atoms with E-state index in [1.54, 1.807) is 13.8 Å². The molecule has 0 aromatic rings. The molecule has 8 heteroatoms. The lowest BCUT2D eigenvalue weighted by molar-refractivity contribution is -0.158. The summed E-state index contributed by atoms with van der Waals surface area (Å²) in [5.74, 6) is -1.41. The first-order valence-corrected chi connectivity index (χ1v) is 8.20. The highest BCUT2D eigenvalue weighted by Gasteiger charge is 2.39. The van der Waals surface area contributed by atoms with Gasteiger partial charge in [0.1, 0.15) is 6.04 Å². The Kier molecular flexibility index (Phi) is 6.88. The summed E-state index contributed by atoms with van der Waals surface area (Å²) in [6, 6.07) is -0.994. The van der Waals surface area contributed by atoms with Crippen molar-refractivity contribution in [2.24, 2.45) is 0 Å². The maximum atomic E-state index is 11.9. The molecule has 2 unspecified atom stereocenters. The van der Waals surface area contributed by atoms with Crippen LogP contribution >= 0.6 is 8.03 Å². The molecule has 2 amide bonds. The van der Waals surface area contributed by atoms with Gasteiger partial charge in [0, 0.05) is 19.0 Å². The van der Waals surface area contributed by atoms with E-state index >= 15 is 0 Å². The second-order valence-corrected chi connectivity index (χ2v) is 5.80. The summed E-state index contributed by atoms with van der Waals surface area (Å²) >= 11 is 0. The van der Waals surface area contributed by atoms with Crippen molar-refractivity contribution in [3.63, 3.8) is 0 Å². The quantitative estimate of drug-likeness (QED) is 0.377. The fraction of sp³-hybridized carbons (Fsp3) is 0.750. The highest BCUT2D eigenvalue weighted by molar-refractivity contribution is 7.39. The van der Waals surface area contributed by atoms with E-state index in [4.69, 9.17) is 9.26 Å². The summed E-state index contributed by atoms with van der Waals surface area (Å²) in [4.78, 5) is 36.2. The largest absolute Gasteiger partial charge is 0.464 e. The molecule has 0 spiro atoms. The Hall–Kier alpha value is -1.20. The lowest BCUT2D eigenvalue weighted by atomic mass is 10.2. The zero-order chi connectivity index (χ0) is 15.1. The monoisotopic (exact) mass is 305 g/mol. The summed E-state index contributed by atoms with van der Waals surface area (Å²) in [6.07, 6.45) is 0.456. The lowest BCUT2D eigenvalue weighted by Crippen LogP contribution is -2.45. The molecule has 1 aliphatic heterocycles. The van der Waals surface area contributed by atoms with Crippen LogP contribution in [0.4, 0.5) is 0 Å². The number of rotatable bonds is 8. The van der Waals surface area contributed by atoms with E-state index in [2.05, 4.69) is 0 Å². The predicted octanol–water partition coefficient (Wildman–Crippen LogP) is 0.968. The third kappa shape index (κ3) is 4.42. The van der Waals surface area contributed by atoms with Gasteiger partial charge >= 0.3 is 5.97 Å². The molecule has 2 atom stereocenters. The minimum Gasteiger partial charge on any atom is -0.464 e. The molecule has 0 N–H and O–H groups in total. The highest BCUT2D eigenvalue weighted by atomic mass is 31.1. The molecule has 20 heavy (non-hydrogen) atoms. The molecule has 7 nitrogen and oxygen atoms in total. The van der Waals surface area contributed by atoms with Crippen LogP contribution in [-0.2, 0) is 28.2 Å². The Morgan fingerprint density at radius 1 is 1.25 bits per heavy atom. The van der Waals surface area contributed by atoms with Gasteiger partial charge in [0.25, 0.3) is 0 Å². The number of ether oxygens (including phenoxy) is 1. The molecule has 0 radical (unpaired) electrons. The lowest BCUT2D eigenvalue weighted by Gasteiger charge is -2.24. The summed E-state index contributed by atoms with van der Waals surface area (Å²) in [6.45, 7) is 3.85. The van der Waals surface area contributed by atoms with E-state index in [1.165, 1.54) is 0 Å². The molecule has 0 aromatic carbocycles. The van der Waals surface area contributed by atoms with Crippen molar-refractivity contribution in [2.75, 3.05) is 19.4 Å². The minimum absolute atomic E-state index is 0.105. The number of esters is 1. The minimum atomic E-state index is -2.25. The smallest absolute Gasteiger partial charge is 0.329 e. The molecule has 0 bridgehead atoms. The number of likely N-dealkylation sites (tertiary alicyclic amines) is 1. The van der Waals surface area contributed by atoms with Gasteiger partial charge in [-0.3, -0.25) is 19.1 Å². The summed E-state index contributed by atoms with van der Waals surface area (Å²) in [5.41, 5.74) is 0. The van der Waals surface area contributed by atoms with Crippen LogP contribution in [0.2, 0.25) is 0 Å². The normalized spacial score (nSPS) is 18.2. The molecule has 1 fully saturated rings. The van der Waals surface area contributed by atoms with Crippen molar-refractivity contribution in [2.45, 2.75) is 39.2 Å². The number of carbonyl (C=O) groups is 3. The van der Waals surface area contributed by atoms with Crippen LogP contribution < -0.4 is 0 Å².